The molecule has 0 radical (unpaired) electrons. The highest BCUT2D eigenvalue weighted by molar-refractivity contribution is 7.85. The van der Waals surface area contributed by atoms with Gasteiger partial charge < -0.3 is 16.0 Å². The number of pyridine rings is 1. The number of aryl methyl sites for hydroxylation is 1. The molecule has 0 atom stereocenters. The monoisotopic (exact) mass is 460 g/mol. The van der Waals surface area contributed by atoms with Gasteiger partial charge in [0, 0.05) is 26.6 Å². The molecule has 0 aromatic carbocycles. The van der Waals surface area contributed by atoms with Gasteiger partial charge in [-0.25, -0.2) is 4.98 Å². The molecular weight excluding hydrogens is 420 g/mol. The predicted octanol–water partition coefficient (Wildman–Crippen LogP) is 2.46. The van der Waals surface area contributed by atoms with Gasteiger partial charge in [-0.2, -0.15) is 8.42 Å². The van der Waals surface area contributed by atoms with Crippen molar-refractivity contribution in [3.05, 3.63) is 29.1 Å². The maximum Gasteiger partial charge on any atom is 0.269 e. The van der Waals surface area contributed by atoms with Gasteiger partial charge >= 0.3 is 0 Å². The van der Waals surface area contributed by atoms with E-state index < -0.39 is 21.8 Å². The van der Waals surface area contributed by atoms with E-state index in [-0.39, 0.29) is 18.1 Å². The van der Waals surface area contributed by atoms with Crippen LogP contribution in [0.25, 0.3) is 0 Å². The molecule has 0 aliphatic rings. The Morgan fingerprint density at radius 3 is 2.26 bits per heavy atom. The van der Waals surface area contributed by atoms with Crippen LogP contribution in [-0.4, -0.2) is 55.7 Å². The van der Waals surface area contributed by atoms with E-state index in [0.29, 0.717) is 18.7 Å². The van der Waals surface area contributed by atoms with Crippen molar-refractivity contribution in [3.8, 4) is 0 Å². The zero-order chi connectivity index (χ0) is 24.3. The fourth-order valence-corrected chi connectivity index (χ4v) is 2.74. The molecule has 0 aliphatic carbocycles. The summed E-state index contributed by atoms with van der Waals surface area (Å²) in [5.41, 5.74) is 1.78. The van der Waals surface area contributed by atoms with Crippen LogP contribution in [0.1, 0.15) is 75.1 Å². The Balaban J connectivity index is 0. The Labute approximate surface area is 187 Å². The highest BCUT2D eigenvalue weighted by Gasteiger charge is 2.11. The lowest BCUT2D eigenvalue weighted by atomic mass is 10.2. The van der Waals surface area contributed by atoms with Crippen LogP contribution in [0.2, 0.25) is 0 Å². The predicted molar refractivity (Wildman–Crippen MR) is 125 cm³/mol. The molecule has 4 N–H and O–H groups in total. The van der Waals surface area contributed by atoms with Gasteiger partial charge in [-0.3, -0.25) is 14.1 Å². The number of unbranched alkanes of at least 4 members (excludes halogenated alkanes) is 2. The SMILES string of the molecule is CC.CC.CNC(=O)CCCCCNCc1cc(C)cc(C(=O)NCCS(=O)(=O)O)n1. The van der Waals surface area contributed by atoms with Crippen LogP contribution in [0, 0.1) is 6.92 Å². The van der Waals surface area contributed by atoms with E-state index in [1.54, 1.807) is 13.1 Å². The molecular formula is C21H40N4O5S. The van der Waals surface area contributed by atoms with Crippen molar-refractivity contribution in [2.24, 2.45) is 0 Å². The Kier molecular flexibility index (Phi) is 18.8. The number of nitrogens with one attached hydrogen (secondary N) is 3. The van der Waals surface area contributed by atoms with E-state index in [4.69, 9.17) is 4.55 Å². The first-order valence-electron chi connectivity index (χ1n) is 10.8. The van der Waals surface area contributed by atoms with E-state index in [0.717, 1.165) is 31.4 Å². The van der Waals surface area contributed by atoms with E-state index in [1.807, 2.05) is 40.7 Å². The molecule has 1 aromatic rings. The van der Waals surface area contributed by atoms with Crippen molar-refractivity contribution in [1.29, 1.82) is 0 Å². The van der Waals surface area contributed by atoms with Crippen LogP contribution >= 0.6 is 0 Å². The molecule has 2 amide bonds. The normalized spacial score (nSPS) is 10.2. The minimum Gasteiger partial charge on any atom is -0.359 e. The van der Waals surface area contributed by atoms with Gasteiger partial charge in [0.2, 0.25) is 5.91 Å². The number of hydrogen-bond donors (Lipinski definition) is 4. The number of nitrogens with zero attached hydrogens (tertiary/aromatic N) is 1. The molecule has 1 rings (SSSR count). The summed E-state index contributed by atoms with van der Waals surface area (Å²) in [6, 6.07) is 3.48. The lowest BCUT2D eigenvalue weighted by Crippen LogP contribution is -2.30. The van der Waals surface area contributed by atoms with Gasteiger partial charge in [0.15, 0.2) is 0 Å². The quantitative estimate of drug-likeness (QED) is 0.278. The van der Waals surface area contributed by atoms with Crippen LogP contribution in [0.4, 0.5) is 0 Å². The Morgan fingerprint density at radius 1 is 1.03 bits per heavy atom. The Morgan fingerprint density at radius 2 is 1.68 bits per heavy atom. The van der Waals surface area contributed by atoms with Crippen molar-refractivity contribution in [1.82, 2.24) is 20.9 Å². The number of rotatable bonds is 12. The van der Waals surface area contributed by atoms with Crippen LogP contribution < -0.4 is 16.0 Å². The minimum atomic E-state index is -4.11. The molecule has 0 unspecified atom stereocenters. The first-order valence-corrected chi connectivity index (χ1v) is 12.4. The van der Waals surface area contributed by atoms with Gasteiger partial charge in [0.1, 0.15) is 5.69 Å². The summed E-state index contributed by atoms with van der Waals surface area (Å²) in [5, 5.41) is 8.26. The first-order chi connectivity index (χ1) is 14.7. The summed E-state index contributed by atoms with van der Waals surface area (Å²) in [5.74, 6) is -0.981. The van der Waals surface area contributed by atoms with Gasteiger partial charge in [-0.15, -0.1) is 0 Å². The van der Waals surface area contributed by atoms with E-state index in [1.165, 1.54) is 0 Å². The molecule has 1 aromatic heterocycles. The lowest BCUT2D eigenvalue weighted by Gasteiger charge is -2.09. The van der Waals surface area contributed by atoms with Crippen LogP contribution in [0.5, 0.6) is 0 Å². The number of aromatic nitrogens is 1. The molecule has 10 heteroatoms. The fourth-order valence-electron chi connectivity index (χ4n) is 2.38. The number of carbonyl (C=O) groups excluding carboxylic acids is 2. The Hall–Kier alpha value is -2.04. The smallest absolute Gasteiger partial charge is 0.269 e. The molecule has 9 nitrogen and oxygen atoms in total. The minimum absolute atomic E-state index is 0.0503. The highest BCUT2D eigenvalue weighted by atomic mass is 32.2. The van der Waals surface area contributed by atoms with Gasteiger partial charge in [0.05, 0.1) is 11.4 Å². The van der Waals surface area contributed by atoms with Crippen molar-refractivity contribution in [2.45, 2.75) is 66.8 Å². The fraction of sp³-hybridized carbons (Fsp3) is 0.667. The zero-order valence-electron chi connectivity index (χ0n) is 19.7. The summed E-state index contributed by atoms with van der Waals surface area (Å²) in [6.07, 6.45) is 3.26. The average Bonchev–Trinajstić information content (AvgIpc) is 2.74. The lowest BCUT2D eigenvalue weighted by molar-refractivity contribution is -0.120. The summed E-state index contributed by atoms with van der Waals surface area (Å²) < 4.78 is 30.0. The second-order valence-corrected chi connectivity index (χ2v) is 7.80. The molecule has 0 saturated heterocycles. The molecule has 0 fully saturated rings. The van der Waals surface area contributed by atoms with Gasteiger partial charge in [-0.1, -0.05) is 34.1 Å². The van der Waals surface area contributed by atoms with E-state index >= 15 is 0 Å². The number of carbonyl (C=O) groups is 2. The summed E-state index contributed by atoms with van der Waals surface area (Å²) in [4.78, 5) is 27.4. The molecule has 31 heavy (non-hydrogen) atoms. The first kappa shape index (κ1) is 31.1. The molecule has 1 heterocycles. The average molecular weight is 461 g/mol. The van der Waals surface area contributed by atoms with Crippen LogP contribution in [0.15, 0.2) is 12.1 Å². The van der Waals surface area contributed by atoms with Gasteiger partial charge in [0.25, 0.3) is 16.0 Å². The summed E-state index contributed by atoms with van der Waals surface area (Å²) >= 11 is 0. The van der Waals surface area contributed by atoms with Gasteiger partial charge in [-0.05, 0) is 44.0 Å². The third kappa shape index (κ3) is 17.3. The zero-order valence-corrected chi connectivity index (χ0v) is 20.6. The van der Waals surface area contributed by atoms with Crippen molar-refractivity contribution < 1.29 is 22.6 Å². The second kappa shape index (κ2) is 18.7. The molecule has 0 saturated carbocycles. The maximum atomic E-state index is 12.1. The van der Waals surface area contributed by atoms with Crippen molar-refractivity contribution in [2.75, 3.05) is 25.9 Å². The summed E-state index contributed by atoms with van der Waals surface area (Å²) in [7, 11) is -2.49. The third-order valence-electron chi connectivity index (χ3n) is 3.74. The topological polar surface area (TPSA) is 137 Å². The molecule has 0 spiro atoms. The maximum absolute atomic E-state index is 12.1. The highest BCUT2D eigenvalue weighted by Crippen LogP contribution is 2.06. The third-order valence-corrected chi connectivity index (χ3v) is 4.46. The van der Waals surface area contributed by atoms with Crippen molar-refractivity contribution in [3.63, 3.8) is 0 Å². The number of hydrogen-bond acceptors (Lipinski definition) is 6. The van der Waals surface area contributed by atoms with E-state index in [9.17, 15) is 18.0 Å². The van der Waals surface area contributed by atoms with Crippen LogP contribution in [0.3, 0.4) is 0 Å². The largest absolute Gasteiger partial charge is 0.359 e. The molecule has 180 valence electrons. The number of amides is 2. The van der Waals surface area contributed by atoms with Crippen LogP contribution in [-0.2, 0) is 21.5 Å². The standard InChI is InChI=1S/C17H28N4O5S.2C2H6/c1-13-10-14(12-19-7-5-3-4-6-16(22)18-2)21-15(11-13)17(23)20-8-9-27(24,25)26;2*1-2/h10-11,19H,3-9,12H2,1-2H3,(H,18,22)(H,20,23)(H,24,25,26);2*1-2H3. The second-order valence-electron chi connectivity index (χ2n) is 6.22. The van der Waals surface area contributed by atoms with Crippen molar-refractivity contribution >= 4 is 21.9 Å². The molecule has 0 bridgehead atoms. The molecule has 0 aliphatic heterocycles. The van der Waals surface area contributed by atoms with E-state index in [2.05, 4.69) is 20.9 Å². The summed E-state index contributed by atoms with van der Waals surface area (Å²) in [6.45, 7) is 10.9. The Bertz CT molecular complexity index is 739.